The van der Waals surface area contributed by atoms with Gasteiger partial charge in [0.2, 0.25) is 0 Å². The monoisotopic (exact) mass is 627 g/mol. The molecule has 0 N–H and O–H groups in total. The van der Waals surface area contributed by atoms with Crippen molar-refractivity contribution in [2.45, 2.75) is 6.61 Å². The summed E-state index contributed by atoms with van der Waals surface area (Å²) < 4.78 is 8.77. The molecule has 0 fully saturated rings. The first-order valence-electron chi connectivity index (χ1n) is 8.21. The van der Waals surface area contributed by atoms with E-state index in [0.29, 0.717) is 28.5 Å². The van der Waals surface area contributed by atoms with E-state index in [1.807, 2.05) is 42.5 Å². The van der Waals surface area contributed by atoms with Gasteiger partial charge in [0, 0.05) is 14.2 Å². The lowest BCUT2D eigenvalue weighted by Crippen LogP contribution is -1.97. The second-order valence-electron chi connectivity index (χ2n) is 5.88. The molecule has 0 unspecified atom stereocenters. The largest absolute Gasteiger partial charge is 0.487 e. The van der Waals surface area contributed by atoms with Gasteiger partial charge in [-0.3, -0.25) is 0 Å². The van der Waals surface area contributed by atoms with Crippen molar-refractivity contribution in [1.82, 2.24) is 0 Å². The van der Waals surface area contributed by atoms with E-state index in [9.17, 15) is 5.26 Å². The SMILES string of the molecule is N#CC(=Cc1cc(Br)c(OCc2ccc(I)cc2)c(Br)c1)c1ccccc1Cl. The quantitative estimate of drug-likeness (QED) is 0.162. The molecule has 0 bridgehead atoms. The van der Waals surface area contributed by atoms with E-state index in [1.54, 1.807) is 12.1 Å². The Morgan fingerprint density at radius 2 is 1.71 bits per heavy atom. The van der Waals surface area contributed by atoms with Crippen LogP contribution in [0.1, 0.15) is 16.7 Å². The molecule has 0 saturated heterocycles. The summed E-state index contributed by atoms with van der Waals surface area (Å²) in [5, 5.41) is 10.1. The van der Waals surface area contributed by atoms with E-state index in [1.165, 1.54) is 3.57 Å². The molecule has 0 amide bonds. The van der Waals surface area contributed by atoms with E-state index < -0.39 is 0 Å². The number of nitrogens with zero attached hydrogens (tertiary/aromatic N) is 1. The molecule has 2 nitrogen and oxygen atoms in total. The molecule has 0 saturated carbocycles. The van der Waals surface area contributed by atoms with Gasteiger partial charge in [0.05, 0.1) is 20.6 Å². The highest BCUT2D eigenvalue weighted by molar-refractivity contribution is 14.1. The minimum Gasteiger partial charge on any atom is -0.487 e. The van der Waals surface area contributed by atoms with Crippen molar-refractivity contribution in [1.29, 1.82) is 5.26 Å². The van der Waals surface area contributed by atoms with Gasteiger partial charge in [0.15, 0.2) is 0 Å². The van der Waals surface area contributed by atoms with Crippen molar-refractivity contribution >= 4 is 77.7 Å². The van der Waals surface area contributed by atoms with E-state index in [-0.39, 0.29) is 0 Å². The standard InChI is InChI=1S/C22H13Br2ClINO/c23-19-10-15(9-16(12-27)18-3-1-2-4-21(18)25)11-20(24)22(19)28-13-14-5-7-17(26)8-6-14/h1-11H,13H2. The summed E-state index contributed by atoms with van der Waals surface area (Å²) in [6.07, 6.45) is 1.81. The van der Waals surface area contributed by atoms with Crippen LogP contribution in [0.5, 0.6) is 5.75 Å². The third kappa shape index (κ3) is 5.38. The highest BCUT2D eigenvalue weighted by Crippen LogP contribution is 2.36. The van der Waals surface area contributed by atoms with Crippen LogP contribution in [0.4, 0.5) is 0 Å². The highest BCUT2D eigenvalue weighted by Gasteiger charge is 2.11. The summed E-state index contributed by atoms with van der Waals surface area (Å²) in [6, 6.07) is 21.6. The third-order valence-corrected chi connectivity index (χ3v) is 6.14. The Labute approximate surface area is 199 Å². The smallest absolute Gasteiger partial charge is 0.148 e. The molecule has 140 valence electrons. The molecule has 0 spiro atoms. The maximum absolute atomic E-state index is 9.56. The molecule has 0 aromatic heterocycles. The fraction of sp³-hybridized carbons (Fsp3) is 0.0455. The summed E-state index contributed by atoms with van der Waals surface area (Å²) in [6.45, 7) is 0.465. The molecule has 3 aromatic carbocycles. The highest BCUT2D eigenvalue weighted by atomic mass is 127. The Hall–Kier alpha value is -1.33. The molecule has 0 atom stereocenters. The van der Waals surface area contributed by atoms with Crippen LogP contribution in [-0.2, 0) is 6.61 Å². The normalized spacial score (nSPS) is 11.2. The van der Waals surface area contributed by atoms with Crippen LogP contribution in [0.2, 0.25) is 5.02 Å². The first-order chi connectivity index (χ1) is 13.5. The van der Waals surface area contributed by atoms with E-state index in [0.717, 1.165) is 20.1 Å². The van der Waals surface area contributed by atoms with E-state index in [4.69, 9.17) is 16.3 Å². The number of benzene rings is 3. The Kier molecular flexibility index (Phi) is 7.58. The lowest BCUT2D eigenvalue weighted by atomic mass is 10.0. The second kappa shape index (κ2) is 9.93. The summed E-state index contributed by atoms with van der Waals surface area (Å²) in [5.74, 6) is 0.715. The van der Waals surface area contributed by atoms with Gasteiger partial charge in [0.25, 0.3) is 0 Å². The van der Waals surface area contributed by atoms with Gasteiger partial charge in [-0.15, -0.1) is 0 Å². The molecule has 6 heteroatoms. The topological polar surface area (TPSA) is 33.0 Å². The Bertz CT molecular complexity index is 1050. The molecule has 3 rings (SSSR count). The molecule has 0 radical (unpaired) electrons. The van der Waals surface area contributed by atoms with Crippen molar-refractivity contribution in [2.24, 2.45) is 0 Å². The summed E-state index contributed by atoms with van der Waals surface area (Å²) in [5.41, 5.74) is 3.15. The summed E-state index contributed by atoms with van der Waals surface area (Å²) >= 11 is 15.6. The van der Waals surface area contributed by atoms with Crippen LogP contribution in [0.3, 0.4) is 0 Å². The van der Waals surface area contributed by atoms with Crippen LogP contribution < -0.4 is 4.74 Å². The van der Waals surface area contributed by atoms with Gasteiger partial charge in [-0.2, -0.15) is 5.26 Å². The predicted molar refractivity (Wildman–Crippen MR) is 130 cm³/mol. The zero-order valence-electron chi connectivity index (χ0n) is 14.4. The fourth-order valence-electron chi connectivity index (χ4n) is 2.55. The average Bonchev–Trinajstić information content (AvgIpc) is 2.67. The number of nitriles is 1. The van der Waals surface area contributed by atoms with Crippen molar-refractivity contribution in [2.75, 3.05) is 0 Å². The number of halogens is 4. The molecular weight excluding hydrogens is 616 g/mol. The van der Waals surface area contributed by atoms with E-state index in [2.05, 4.69) is 72.7 Å². The second-order valence-corrected chi connectivity index (χ2v) is 9.24. The van der Waals surface area contributed by atoms with Crippen molar-refractivity contribution in [3.05, 3.63) is 94.9 Å². The van der Waals surface area contributed by atoms with Gasteiger partial charge in [-0.25, -0.2) is 0 Å². The Morgan fingerprint density at radius 3 is 2.32 bits per heavy atom. The van der Waals surface area contributed by atoms with Gasteiger partial charge in [-0.05, 0) is 102 Å². The van der Waals surface area contributed by atoms with Gasteiger partial charge >= 0.3 is 0 Å². The Morgan fingerprint density at radius 1 is 1.07 bits per heavy atom. The third-order valence-electron chi connectivity index (χ3n) is 3.91. The predicted octanol–water partition coefficient (Wildman–Crippen LogP) is 8.11. The van der Waals surface area contributed by atoms with E-state index >= 15 is 0 Å². The first kappa shape index (κ1) is 21.4. The fourth-order valence-corrected chi connectivity index (χ4v) is 4.60. The zero-order valence-corrected chi connectivity index (χ0v) is 20.5. The summed E-state index contributed by atoms with van der Waals surface area (Å²) in [7, 11) is 0. The molecule has 0 aliphatic rings. The number of hydrogen-bond acceptors (Lipinski definition) is 2. The maximum Gasteiger partial charge on any atom is 0.148 e. The van der Waals surface area contributed by atoms with Crippen molar-refractivity contribution < 1.29 is 4.74 Å². The van der Waals surface area contributed by atoms with Gasteiger partial charge in [0.1, 0.15) is 12.4 Å². The lowest BCUT2D eigenvalue weighted by Gasteiger charge is -2.12. The Balaban J connectivity index is 1.86. The van der Waals surface area contributed by atoms with Crippen LogP contribution >= 0.6 is 66.1 Å². The van der Waals surface area contributed by atoms with Gasteiger partial charge in [-0.1, -0.05) is 41.9 Å². The molecule has 0 aliphatic heterocycles. The number of rotatable bonds is 5. The minimum atomic E-state index is 0.465. The van der Waals surface area contributed by atoms with Crippen LogP contribution in [0.25, 0.3) is 11.6 Å². The zero-order chi connectivity index (χ0) is 20.1. The molecule has 0 heterocycles. The summed E-state index contributed by atoms with van der Waals surface area (Å²) in [4.78, 5) is 0. The average molecular weight is 630 g/mol. The van der Waals surface area contributed by atoms with Gasteiger partial charge < -0.3 is 4.74 Å². The van der Waals surface area contributed by atoms with Crippen molar-refractivity contribution in [3.8, 4) is 11.8 Å². The maximum atomic E-state index is 9.56. The van der Waals surface area contributed by atoms with Crippen LogP contribution in [0.15, 0.2) is 69.6 Å². The number of ether oxygens (including phenoxy) is 1. The number of allylic oxidation sites excluding steroid dienone is 1. The molecule has 0 aliphatic carbocycles. The molecular formula is C22H13Br2ClINO. The van der Waals surface area contributed by atoms with Crippen LogP contribution in [-0.4, -0.2) is 0 Å². The minimum absolute atomic E-state index is 0.465. The van der Waals surface area contributed by atoms with Crippen LogP contribution in [0, 0.1) is 14.9 Å². The molecule has 28 heavy (non-hydrogen) atoms. The molecule has 3 aromatic rings. The van der Waals surface area contributed by atoms with Crippen molar-refractivity contribution in [3.63, 3.8) is 0 Å². The first-order valence-corrected chi connectivity index (χ1v) is 11.2. The number of hydrogen-bond donors (Lipinski definition) is 0. The lowest BCUT2D eigenvalue weighted by molar-refractivity contribution is 0.302.